The Balaban J connectivity index is 2.20. The first-order valence-corrected chi connectivity index (χ1v) is 11.3. The number of aliphatic imine (C=N–C) groups is 1. The summed E-state index contributed by atoms with van der Waals surface area (Å²) >= 11 is 0. The van der Waals surface area contributed by atoms with Crippen molar-refractivity contribution < 1.29 is 13.2 Å². The Morgan fingerprint density at radius 2 is 2.04 bits per heavy atom. The number of nitrogens with zero attached hydrogens (tertiary/aromatic N) is 2. The van der Waals surface area contributed by atoms with Gasteiger partial charge in [0.1, 0.15) is 0 Å². The third-order valence-corrected chi connectivity index (χ3v) is 6.21. The van der Waals surface area contributed by atoms with Crippen molar-refractivity contribution in [2.75, 3.05) is 33.4 Å². The Hall–Kier alpha value is -1.64. The van der Waals surface area contributed by atoms with Gasteiger partial charge in [0.15, 0.2) is 5.96 Å². The van der Waals surface area contributed by atoms with Gasteiger partial charge in [-0.25, -0.2) is 18.1 Å². The molecule has 1 fully saturated rings. The van der Waals surface area contributed by atoms with Crippen LogP contribution in [0.1, 0.15) is 39.7 Å². The van der Waals surface area contributed by atoms with E-state index in [-0.39, 0.29) is 11.4 Å². The zero-order chi connectivity index (χ0) is 20.8. The van der Waals surface area contributed by atoms with Gasteiger partial charge in [-0.3, -0.25) is 0 Å². The molecule has 8 heteroatoms. The van der Waals surface area contributed by atoms with Gasteiger partial charge in [-0.2, -0.15) is 0 Å². The Bertz CT molecular complexity index is 766. The van der Waals surface area contributed by atoms with Crippen molar-refractivity contribution in [3.8, 4) is 0 Å². The maximum atomic E-state index is 12.8. The number of guanidine groups is 1. The summed E-state index contributed by atoms with van der Waals surface area (Å²) in [6.45, 7) is 11.0. The van der Waals surface area contributed by atoms with E-state index in [1.807, 2.05) is 46.9 Å². The van der Waals surface area contributed by atoms with Crippen molar-refractivity contribution >= 4 is 16.0 Å². The van der Waals surface area contributed by atoms with Gasteiger partial charge in [-0.1, -0.05) is 18.2 Å². The molecule has 1 aromatic carbocycles. The molecule has 0 aromatic heterocycles. The molecule has 0 aliphatic carbocycles. The molecule has 2 rings (SSSR count). The van der Waals surface area contributed by atoms with Crippen LogP contribution in [0, 0.1) is 5.92 Å². The first kappa shape index (κ1) is 22.6. The van der Waals surface area contributed by atoms with E-state index in [0.717, 1.165) is 38.7 Å². The zero-order valence-electron chi connectivity index (χ0n) is 17.7. The summed E-state index contributed by atoms with van der Waals surface area (Å²) in [6.07, 6.45) is 1.06. The average Bonchev–Trinajstić information content (AvgIpc) is 3.09. The lowest BCUT2D eigenvalue weighted by Gasteiger charge is -2.25. The highest BCUT2D eigenvalue weighted by Crippen LogP contribution is 2.19. The van der Waals surface area contributed by atoms with E-state index in [9.17, 15) is 8.42 Å². The van der Waals surface area contributed by atoms with Gasteiger partial charge in [-0.15, -0.1) is 0 Å². The van der Waals surface area contributed by atoms with Crippen molar-refractivity contribution in [2.24, 2.45) is 10.9 Å². The molecule has 1 unspecified atom stereocenters. The third kappa shape index (κ3) is 6.76. The van der Waals surface area contributed by atoms with E-state index in [2.05, 4.69) is 14.9 Å². The average molecular weight is 411 g/mol. The number of hydrogen-bond donors (Lipinski definition) is 2. The molecule has 1 aromatic rings. The fraction of sp³-hybridized carbons (Fsp3) is 0.650. The standard InChI is InChI=1S/C20H34N4O3S/c1-6-21-19(24(5)14-16-11-12-27-15-16)22-13-17-9-7-8-10-18(17)28(25,26)23-20(2,3)4/h7-10,16,23H,6,11-15H2,1-5H3,(H,21,22). The number of rotatable bonds is 7. The van der Waals surface area contributed by atoms with Crippen molar-refractivity contribution in [1.29, 1.82) is 0 Å². The highest BCUT2D eigenvalue weighted by molar-refractivity contribution is 7.89. The number of sulfonamides is 1. The van der Waals surface area contributed by atoms with Crippen molar-refractivity contribution in [3.05, 3.63) is 29.8 Å². The molecule has 1 aliphatic heterocycles. The Morgan fingerprint density at radius 1 is 1.32 bits per heavy atom. The predicted octanol–water partition coefficient (Wildman–Crippen LogP) is 2.20. The number of ether oxygens (including phenoxy) is 1. The molecule has 0 saturated carbocycles. The minimum absolute atomic E-state index is 0.274. The summed E-state index contributed by atoms with van der Waals surface area (Å²) in [5, 5.41) is 3.29. The summed E-state index contributed by atoms with van der Waals surface area (Å²) in [5.74, 6) is 1.27. The Kier molecular flexibility index (Phi) is 7.86. The molecular weight excluding hydrogens is 376 g/mol. The molecule has 7 nitrogen and oxygen atoms in total. The van der Waals surface area contributed by atoms with E-state index in [0.29, 0.717) is 11.5 Å². The molecule has 1 heterocycles. The fourth-order valence-corrected chi connectivity index (χ4v) is 4.84. The summed E-state index contributed by atoms with van der Waals surface area (Å²) in [6, 6.07) is 7.02. The van der Waals surface area contributed by atoms with Crippen molar-refractivity contribution in [2.45, 2.75) is 51.1 Å². The van der Waals surface area contributed by atoms with Crippen molar-refractivity contribution in [1.82, 2.24) is 14.9 Å². The number of nitrogens with one attached hydrogen (secondary N) is 2. The second-order valence-corrected chi connectivity index (χ2v) is 9.89. The maximum Gasteiger partial charge on any atom is 0.241 e. The molecule has 1 aliphatic rings. The van der Waals surface area contributed by atoms with Crippen LogP contribution < -0.4 is 10.0 Å². The van der Waals surface area contributed by atoms with Gasteiger partial charge in [-0.05, 0) is 45.7 Å². The van der Waals surface area contributed by atoms with Crippen molar-refractivity contribution in [3.63, 3.8) is 0 Å². The largest absolute Gasteiger partial charge is 0.381 e. The maximum absolute atomic E-state index is 12.8. The highest BCUT2D eigenvalue weighted by Gasteiger charge is 2.24. The second kappa shape index (κ2) is 9.71. The first-order chi connectivity index (χ1) is 13.1. The molecule has 0 amide bonds. The Labute approximate surface area is 169 Å². The topological polar surface area (TPSA) is 83.0 Å². The minimum atomic E-state index is -3.62. The van der Waals surface area contributed by atoms with Crippen LogP contribution in [0.5, 0.6) is 0 Å². The smallest absolute Gasteiger partial charge is 0.241 e. The molecule has 28 heavy (non-hydrogen) atoms. The van der Waals surface area contributed by atoms with Crippen LogP contribution in [0.4, 0.5) is 0 Å². The van der Waals surface area contributed by atoms with E-state index in [1.165, 1.54) is 0 Å². The normalized spacial score (nSPS) is 18.3. The van der Waals surface area contributed by atoms with Crippen LogP contribution in [0.15, 0.2) is 34.2 Å². The van der Waals surface area contributed by atoms with Crippen LogP contribution in [-0.2, 0) is 21.3 Å². The van der Waals surface area contributed by atoms with E-state index in [1.54, 1.807) is 12.1 Å². The molecule has 1 atom stereocenters. The van der Waals surface area contributed by atoms with E-state index < -0.39 is 15.6 Å². The molecular formula is C20H34N4O3S. The molecule has 158 valence electrons. The molecule has 0 spiro atoms. The first-order valence-electron chi connectivity index (χ1n) is 9.81. The van der Waals surface area contributed by atoms with Gasteiger partial charge in [0.05, 0.1) is 18.0 Å². The zero-order valence-corrected chi connectivity index (χ0v) is 18.5. The van der Waals surface area contributed by atoms with Crippen LogP contribution in [0.3, 0.4) is 0 Å². The summed E-state index contributed by atoms with van der Waals surface area (Å²) in [5.41, 5.74) is 0.125. The molecule has 0 bridgehead atoms. The van der Waals surface area contributed by atoms with E-state index in [4.69, 9.17) is 9.73 Å². The van der Waals surface area contributed by atoms with Gasteiger partial charge < -0.3 is 15.0 Å². The molecule has 1 saturated heterocycles. The van der Waals surface area contributed by atoms with E-state index >= 15 is 0 Å². The lowest BCUT2D eigenvalue weighted by Crippen LogP contribution is -2.41. The molecule has 2 N–H and O–H groups in total. The fourth-order valence-electron chi connectivity index (χ4n) is 3.19. The third-order valence-electron chi connectivity index (χ3n) is 4.35. The van der Waals surface area contributed by atoms with Gasteiger partial charge in [0.25, 0.3) is 0 Å². The SMILES string of the molecule is CCNC(=NCc1ccccc1S(=O)(=O)NC(C)(C)C)N(C)CC1CCOC1. The highest BCUT2D eigenvalue weighted by atomic mass is 32.2. The van der Waals surface area contributed by atoms with Gasteiger partial charge >= 0.3 is 0 Å². The predicted molar refractivity (Wildman–Crippen MR) is 113 cm³/mol. The Morgan fingerprint density at radius 3 is 2.64 bits per heavy atom. The van der Waals surface area contributed by atoms with Gasteiger partial charge in [0, 0.05) is 38.2 Å². The lowest BCUT2D eigenvalue weighted by molar-refractivity contribution is 0.181. The second-order valence-electron chi connectivity index (χ2n) is 8.24. The molecule has 0 radical (unpaired) electrons. The minimum Gasteiger partial charge on any atom is -0.381 e. The van der Waals surface area contributed by atoms with Crippen LogP contribution in [-0.4, -0.2) is 58.2 Å². The number of benzene rings is 1. The number of hydrogen-bond acceptors (Lipinski definition) is 4. The van der Waals surface area contributed by atoms with Crippen LogP contribution in [0.25, 0.3) is 0 Å². The summed E-state index contributed by atoms with van der Waals surface area (Å²) in [4.78, 5) is 7.06. The quantitative estimate of drug-likeness (QED) is 0.532. The van der Waals surface area contributed by atoms with Crippen LogP contribution in [0.2, 0.25) is 0 Å². The van der Waals surface area contributed by atoms with Crippen LogP contribution >= 0.6 is 0 Å². The van der Waals surface area contributed by atoms with Gasteiger partial charge in [0.2, 0.25) is 10.0 Å². The monoisotopic (exact) mass is 410 g/mol. The summed E-state index contributed by atoms with van der Waals surface area (Å²) in [7, 11) is -1.61. The lowest BCUT2D eigenvalue weighted by atomic mass is 10.1. The summed E-state index contributed by atoms with van der Waals surface area (Å²) < 4.78 is 33.8.